The molecule has 0 bridgehead atoms. The van der Waals surface area contributed by atoms with Crippen LogP contribution < -0.4 is 10.1 Å². The van der Waals surface area contributed by atoms with E-state index in [1.807, 2.05) is 79.7 Å². The molecule has 194 valence electrons. The number of ether oxygens (including phenoxy) is 2. The summed E-state index contributed by atoms with van der Waals surface area (Å²) in [6.07, 6.45) is 1.15. The standard InChI is InChI=1S/C29H30Br2N2O4/c1-2-16-32-28(35)29(19-20-4-10-23(30)11-5-20)26(21-6-12-24(31)13-7-21)37-27(33-29)22-8-14-25(15-9-22)36-18-3-17-34/h4-15,26,34H,2-3,16-19H2,1H3,(H,32,35)/t26-,29-/m1/s1. The number of carbonyl (C=O) groups is 1. The first kappa shape index (κ1) is 27.4. The maximum Gasteiger partial charge on any atom is 0.252 e. The number of benzene rings is 3. The van der Waals surface area contributed by atoms with Gasteiger partial charge in [0.05, 0.1) is 6.61 Å². The van der Waals surface area contributed by atoms with Crippen molar-refractivity contribution in [3.8, 4) is 5.75 Å². The molecule has 1 aliphatic heterocycles. The van der Waals surface area contributed by atoms with Gasteiger partial charge in [0.15, 0.2) is 11.6 Å². The van der Waals surface area contributed by atoms with Crippen molar-refractivity contribution in [1.82, 2.24) is 5.32 Å². The number of carbonyl (C=O) groups excluding carboxylic acids is 1. The first-order chi connectivity index (χ1) is 17.9. The Kier molecular flexibility index (Phi) is 9.40. The third-order valence-corrected chi connectivity index (χ3v) is 7.18. The molecule has 2 N–H and O–H groups in total. The average molecular weight is 630 g/mol. The summed E-state index contributed by atoms with van der Waals surface area (Å²) in [5.74, 6) is 0.949. The summed E-state index contributed by atoms with van der Waals surface area (Å²) in [4.78, 5) is 18.9. The topological polar surface area (TPSA) is 80.2 Å². The lowest BCUT2D eigenvalue weighted by atomic mass is 9.82. The summed E-state index contributed by atoms with van der Waals surface area (Å²) in [5.41, 5.74) is 1.42. The Morgan fingerprint density at radius 3 is 2.30 bits per heavy atom. The summed E-state index contributed by atoms with van der Waals surface area (Å²) in [7, 11) is 0. The number of rotatable bonds is 11. The summed E-state index contributed by atoms with van der Waals surface area (Å²) in [5, 5.41) is 12.1. The number of aliphatic hydroxyl groups excluding tert-OH is 1. The zero-order chi connectivity index (χ0) is 26.3. The van der Waals surface area contributed by atoms with Gasteiger partial charge in [-0.05, 0) is 66.1 Å². The molecule has 4 rings (SSSR count). The van der Waals surface area contributed by atoms with Gasteiger partial charge in [0.2, 0.25) is 5.90 Å². The lowest BCUT2D eigenvalue weighted by Gasteiger charge is -2.31. The van der Waals surface area contributed by atoms with Gasteiger partial charge in [0.1, 0.15) is 5.75 Å². The zero-order valence-corrected chi connectivity index (χ0v) is 23.8. The second-order valence-electron chi connectivity index (χ2n) is 8.90. The van der Waals surface area contributed by atoms with Crippen molar-refractivity contribution in [3.05, 3.63) is 98.4 Å². The highest BCUT2D eigenvalue weighted by atomic mass is 79.9. The molecule has 0 saturated heterocycles. The van der Waals surface area contributed by atoms with Crippen molar-refractivity contribution in [2.24, 2.45) is 4.99 Å². The molecule has 0 aliphatic carbocycles. The minimum absolute atomic E-state index is 0.0840. The monoisotopic (exact) mass is 628 g/mol. The smallest absolute Gasteiger partial charge is 0.252 e. The molecule has 3 aromatic rings. The maximum atomic E-state index is 13.9. The Morgan fingerprint density at radius 1 is 1.03 bits per heavy atom. The number of nitrogens with one attached hydrogen (secondary N) is 1. The molecular weight excluding hydrogens is 600 g/mol. The summed E-state index contributed by atoms with van der Waals surface area (Å²) in [6.45, 7) is 3.10. The fourth-order valence-corrected chi connectivity index (χ4v) is 4.75. The lowest BCUT2D eigenvalue weighted by molar-refractivity contribution is -0.128. The molecule has 1 aliphatic rings. The molecular formula is C29H30Br2N2O4. The van der Waals surface area contributed by atoms with Gasteiger partial charge in [-0.25, -0.2) is 4.99 Å². The fraction of sp³-hybridized carbons (Fsp3) is 0.310. The quantitative estimate of drug-likeness (QED) is 0.255. The number of hydrogen-bond acceptors (Lipinski definition) is 5. The first-order valence-electron chi connectivity index (χ1n) is 12.3. The van der Waals surface area contributed by atoms with E-state index in [1.165, 1.54) is 0 Å². The summed E-state index contributed by atoms with van der Waals surface area (Å²) in [6, 6.07) is 23.2. The number of aliphatic imine (C=N–C) groups is 1. The van der Waals surface area contributed by atoms with Crippen LogP contribution in [-0.2, 0) is 16.0 Å². The van der Waals surface area contributed by atoms with Gasteiger partial charge in [-0.15, -0.1) is 0 Å². The van der Waals surface area contributed by atoms with E-state index in [-0.39, 0.29) is 12.5 Å². The molecule has 0 aromatic heterocycles. The molecule has 0 fully saturated rings. The number of hydrogen-bond donors (Lipinski definition) is 2. The maximum absolute atomic E-state index is 13.9. The van der Waals surface area contributed by atoms with E-state index in [2.05, 4.69) is 37.2 Å². The largest absolute Gasteiger partial charge is 0.494 e. The van der Waals surface area contributed by atoms with E-state index in [0.717, 1.165) is 32.1 Å². The molecule has 3 aromatic carbocycles. The fourth-order valence-electron chi connectivity index (χ4n) is 4.22. The number of aliphatic hydroxyl groups is 1. The van der Waals surface area contributed by atoms with Crippen LogP contribution in [0.15, 0.2) is 86.7 Å². The van der Waals surface area contributed by atoms with Crippen LogP contribution in [0.4, 0.5) is 0 Å². The van der Waals surface area contributed by atoms with Gasteiger partial charge in [-0.2, -0.15) is 0 Å². The molecule has 0 spiro atoms. The summed E-state index contributed by atoms with van der Waals surface area (Å²) < 4.78 is 14.1. The van der Waals surface area contributed by atoms with Gasteiger partial charge >= 0.3 is 0 Å². The van der Waals surface area contributed by atoms with Crippen LogP contribution in [0.1, 0.15) is 42.6 Å². The zero-order valence-electron chi connectivity index (χ0n) is 20.6. The second kappa shape index (κ2) is 12.7. The highest BCUT2D eigenvalue weighted by molar-refractivity contribution is 9.10. The van der Waals surface area contributed by atoms with Crippen molar-refractivity contribution in [2.75, 3.05) is 19.8 Å². The third-order valence-electron chi connectivity index (χ3n) is 6.13. The Morgan fingerprint density at radius 2 is 1.68 bits per heavy atom. The number of nitrogens with zero attached hydrogens (tertiary/aromatic N) is 1. The molecule has 2 atom stereocenters. The van der Waals surface area contributed by atoms with Crippen LogP contribution in [-0.4, -0.2) is 42.2 Å². The van der Waals surface area contributed by atoms with E-state index < -0.39 is 11.6 Å². The van der Waals surface area contributed by atoms with E-state index in [4.69, 9.17) is 19.6 Å². The van der Waals surface area contributed by atoms with Crippen LogP contribution >= 0.6 is 31.9 Å². The van der Waals surface area contributed by atoms with Crippen LogP contribution in [0, 0.1) is 0 Å². The van der Waals surface area contributed by atoms with Crippen molar-refractivity contribution >= 4 is 43.7 Å². The molecule has 0 radical (unpaired) electrons. The third kappa shape index (κ3) is 6.61. The van der Waals surface area contributed by atoms with E-state index in [0.29, 0.717) is 37.6 Å². The van der Waals surface area contributed by atoms with Gasteiger partial charge in [-0.3, -0.25) is 4.79 Å². The minimum Gasteiger partial charge on any atom is -0.494 e. The van der Waals surface area contributed by atoms with Crippen molar-refractivity contribution < 1.29 is 19.4 Å². The van der Waals surface area contributed by atoms with Gasteiger partial charge in [-0.1, -0.05) is 63.0 Å². The number of amides is 1. The second-order valence-corrected chi connectivity index (χ2v) is 10.7. The van der Waals surface area contributed by atoms with Gasteiger partial charge in [0.25, 0.3) is 5.91 Å². The predicted molar refractivity (Wildman–Crippen MR) is 152 cm³/mol. The molecule has 8 heteroatoms. The molecule has 0 saturated carbocycles. The molecule has 0 unspecified atom stereocenters. The first-order valence-corrected chi connectivity index (χ1v) is 13.9. The van der Waals surface area contributed by atoms with Crippen molar-refractivity contribution in [2.45, 2.75) is 37.8 Å². The van der Waals surface area contributed by atoms with Crippen LogP contribution in [0.25, 0.3) is 0 Å². The van der Waals surface area contributed by atoms with Gasteiger partial charge in [0, 0.05) is 40.5 Å². The van der Waals surface area contributed by atoms with Crippen molar-refractivity contribution in [3.63, 3.8) is 0 Å². The van der Waals surface area contributed by atoms with Crippen LogP contribution in [0.2, 0.25) is 0 Å². The Hall–Kier alpha value is -2.68. The highest BCUT2D eigenvalue weighted by Gasteiger charge is 2.53. The minimum atomic E-state index is -1.19. The summed E-state index contributed by atoms with van der Waals surface area (Å²) >= 11 is 7.00. The highest BCUT2D eigenvalue weighted by Crippen LogP contribution is 2.43. The Bertz CT molecular complexity index is 1210. The van der Waals surface area contributed by atoms with Gasteiger partial charge < -0.3 is 19.9 Å². The normalized spacial score (nSPS) is 18.7. The van der Waals surface area contributed by atoms with Crippen LogP contribution in [0.3, 0.4) is 0 Å². The van der Waals surface area contributed by atoms with E-state index >= 15 is 0 Å². The molecule has 37 heavy (non-hydrogen) atoms. The lowest BCUT2D eigenvalue weighted by Crippen LogP contribution is -2.50. The SMILES string of the molecule is CCCNC(=O)[C@]1(Cc2ccc(Br)cc2)N=C(c2ccc(OCCCO)cc2)O[C@@H]1c1ccc(Br)cc1. The van der Waals surface area contributed by atoms with E-state index in [9.17, 15) is 4.79 Å². The van der Waals surface area contributed by atoms with Crippen LogP contribution in [0.5, 0.6) is 5.75 Å². The van der Waals surface area contributed by atoms with E-state index in [1.54, 1.807) is 0 Å². The number of halogens is 2. The Balaban J connectivity index is 1.75. The predicted octanol–water partition coefficient (Wildman–Crippen LogP) is 6.00. The molecule has 1 heterocycles. The molecule has 1 amide bonds. The van der Waals surface area contributed by atoms with Crippen molar-refractivity contribution in [1.29, 1.82) is 0 Å². The molecule has 6 nitrogen and oxygen atoms in total. The average Bonchev–Trinajstić information content (AvgIpc) is 3.30. The Labute approximate surface area is 234 Å².